The monoisotopic (exact) mass is 310 g/mol. The summed E-state index contributed by atoms with van der Waals surface area (Å²) >= 11 is 0. The first-order valence-corrected chi connectivity index (χ1v) is 7.30. The van der Waals surface area contributed by atoms with Crippen LogP contribution in [0.5, 0.6) is 0 Å². The summed E-state index contributed by atoms with van der Waals surface area (Å²) in [6, 6.07) is 14.1. The van der Waals surface area contributed by atoms with Crippen molar-refractivity contribution in [3.63, 3.8) is 0 Å². The molecular formula is C17H14N2O4. The molecule has 0 bridgehead atoms. The van der Waals surface area contributed by atoms with Crippen LogP contribution in [0.2, 0.25) is 0 Å². The van der Waals surface area contributed by atoms with Gasteiger partial charge in [0.1, 0.15) is 0 Å². The predicted molar refractivity (Wildman–Crippen MR) is 83.0 cm³/mol. The number of ether oxygens (including phenoxy) is 2. The quantitative estimate of drug-likeness (QED) is 0.890. The van der Waals surface area contributed by atoms with Crippen molar-refractivity contribution in [1.29, 1.82) is 0 Å². The summed E-state index contributed by atoms with van der Waals surface area (Å²) < 4.78 is 11.1. The zero-order chi connectivity index (χ0) is 15.9. The summed E-state index contributed by atoms with van der Waals surface area (Å²) in [5.74, 6) is -2.00. The molecule has 0 radical (unpaired) electrons. The van der Waals surface area contributed by atoms with Crippen molar-refractivity contribution in [3.05, 3.63) is 59.7 Å². The third kappa shape index (κ3) is 2.11. The summed E-state index contributed by atoms with van der Waals surface area (Å²) in [4.78, 5) is 24.6. The minimum atomic E-state index is -1.39. The molecule has 0 atom stereocenters. The number of carbonyl (C=O) groups excluding carboxylic acids is 2. The van der Waals surface area contributed by atoms with Crippen molar-refractivity contribution in [2.75, 3.05) is 23.8 Å². The second-order valence-electron chi connectivity index (χ2n) is 5.32. The van der Waals surface area contributed by atoms with Gasteiger partial charge in [0.05, 0.1) is 24.6 Å². The first-order valence-electron chi connectivity index (χ1n) is 7.30. The van der Waals surface area contributed by atoms with Crippen LogP contribution in [0, 0.1) is 0 Å². The first-order chi connectivity index (χ1) is 11.2. The highest BCUT2D eigenvalue weighted by molar-refractivity contribution is 6.11. The number of anilines is 2. The largest absolute Gasteiger partial charge is 0.336 e. The third-order valence-corrected chi connectivity index (χ3v) is 3.93. The van der Waals surface area contributed by atoms with Crippen molar-refractivity contribution >= 4 is 23.2 Å². The van der Waals surface area contributed by atoms with E-state index < -0.39 is 5.79 Å². The zero-order valence-electron chi connectivity index (χ0n) is 12.2. The molecule has 2 aliphatic rings. The Labute approximate surface area is 132 Å². The number of hydrogen-bond acceptors (Lipinski definition) is 4. The topological polar surface area (TPSA) is 76.7 Å². The molecule has 0 aromatic heterocycles. The van der Waals surface area contributed by atoms with E-state index in [-0.39, 0.29) is 11.8 Å². The Balaban J connectivity index is 1.69. The van der Waals surface area contributed by atoms with Gasteiger partial charge in [-0.3, -0.25) is 9.59 Å². The van der Waals surface area contributed by atoms with Gasteiger partial charge in [0.2, 0.25) is 0 Å². The molecule has 0 unspecified atom stereocenters. The van der Waals surface area contributed by atoms with Crippen LogP contribution >= 0.6 is 0 Å². The van der Waals surface area contributed by atoms with Crippen molar-refractivity contribution < 1.29 is 19.1 Å². The summed E-state index contributed by atoms with van der Waals surface area (Å²) in [6.45, 7) is 0.709. The molecule has 1 saturated heterocycles. The Bertz CT molecular complexity index is 782. The molecule has 6 nitrogen and oxygen atoms in total. The van der Waals surface area contributed by atoms with Crippen molar-refractivity contribution in [1.82, 2.24) is 0 Å². The molecular weight excluding hydrogens is 296 g/mol. The highest BCUT2D eigenvalue weighted by atomic mass is 16.7. The smallest absolute Gasteiger partial charge is 0.290 e. The number of nitrogens with one attached hydrogen (secondary N) is 2. The van der Waals surface area contributed by atoms with E-state index in [0.717, 1.165) is 0 Å². The highest BCUT2D eigenvalue weighted by Gasteiger charge is 2.53. The second kappa shape index (κ2) is 5.19. The lowest BCUT2D eigenvalue weighted by atomic mass is 10.1. The summed E-state index contributed by atoms with van der Waals surface area (Å²) in [7, 11) is 0. The summed E-state index contributed by atoms with van der Waals surface area (Å²) in [5.41, 5.74) is 2.16. The maximum absolute atomic E-state index is 12.3. The fourth-order valence-electron chi connectivity index (χ4n) is 2.87. The van der Waals surface area contributed by atoms with Gasteiger partial charge >= 0.3 is 0 Å². The summed E-state index contributed by atoms with van der Waals surface area (Å²) in [5, 5.41) is 5.57. The van der Waals surface area contributed by atoms with Gasteiger partial charge in [0.15, 0.2) is 0 Å². The van der Waals surface area contributed by atoms with Gasteiger partial charge in [0, 0.05) is 11.1 Å². The van der Waals surface area contributed by atoms with Crippen LogP contribution < -0.4 is 10.6 Å². The molecule has 1 fully saturated rings. The lowest BCUT2D eigenvalue weighted by Gasteiger charge is -2.19. The minimum Gasteiger partial charge on any atom is -0.336 e. The molecule has 116 valence electrons. The molecule has 2 aromatic carbocycles. The van der Waals surface area contributed by atoms with E-state index in [1.807, 2.05) is 6.07 Å². The first kappa shape index (κ1) is 13.9. The maximum atomic E-state index is 12.3. The Morgan fingerprint density at radius 1 is 1.04 bits per heavy atom. The predicted octanol–water partition coefficient (Wildman–Crippen LogP) is 2.09. The SMILES string of the molecule is O=C(Nc1cccc2c1NC(=O)C21OCCO1)c1ccccc1. The van der Waals surface area contributed by atoms with Crippen LogP contribution in [0.1, 0.15) is 15.9 Å². The molecule has 0 saturated carbocycles. The number of fused-ring (bicyclic) bond motifs is 2. The van der Waals surface area contributed by atoms with Gasteiger partial charge in [-0.25, -0.2) is 0 Å². The van der Waals surface area contributed by atoms with E-state index >= 15 is 0 Å². The molecule has 23 heavy (non-hydrogen) atoms. The fraction of sp³-hybridized carbons (Fsp3) is 0.176. The molecule has 1 spiro atoms. The Morgan fingerprint density at radius 3 is 2.52 bits per heavy atom. The van der Waals surface area contributed by atoms with Gasteiger partial charge in [-0.2, -0.15) is 0 Å². The lowest BCUT2D eigenvalue weighted by Crippen LogP contribution is -2.35. The normalized spacial score (nSPS) is 17.8. The molecule has 2 aliphatic heterocycles. The average Bonchev–Trinajstić information content (AvgIpc) is 3.17. The van der Waals surface area contributed by atoms with Crippen LogP contribution in [0.15, 0.2) is 48.5 Å². The summed E-state index contributed by atoms with van der Waals surface area (Å²) in [6.07, 6.45) is 0. The number of carbonyl (C=O) groups is 2. The van der Waals surface area contributed by atoms with Gasteiger partial charge in [0.25, 0.3) is 17.6 Å². The standard InChI is InChI=1S/C17H14N2O4/c20-15(11-5-2-1-3-6-11)18-13-8-4-7-12-14(13)19-16(21)17(12)22-9-10-23-17/h1-8H,9-10H2,(H,18,20)(H,19,21). The zero-order valence-corrected chi connectivity index (χ0v) is 12.2. The number of para-hydroxylation sites is 1. The van der Waals surface area contributed by atoms with E-state index in [2.05, 4.69) is 10.6 Å². The molecule has 2 aromatic rings. The molecule has 2 heterocycles. The number of amides is 2. The molecule has 2 amide bonds. The van der Waals surface area contributed by atoms with Gasteiger partial charge in [-0.1, -0.05) is 30.3 Å². The second-order valence-corrected chi connectivity index (χ2v) is 5.32. The molecule has 2 N–H and O–H groups in total. The molecule has 4 rings (SSSR count). The van der Waals surface area contributed by atoms with Crippen molar-refractivity contribution in [2.45, 2.75) is 5.79 Å². The van der Waals surface area contributed by atoms with Crippen molar-refractivity contribution in [3.8, 4) is 0 Å². The van der Waals surface area contributed by atoms with Gasteiger partial charge < -0.3 is 20.1 Å². The van der Waals surface area contributed by atoms with Crippen LogP contribution in [0.3, 0.4) is 0 Å². The minimum absolute atomic E-state index is 0.248. The van der Waals surface area contributed by atoms with E-state index in [1.165, 1.54) is 0 Å². The van der Waals surface area contributed by atoms with Crippen LogP contribution in [-0.4, -0.2) is 25.0 Å². The Hall–Kier alpha value is -2.70. The van der Waals surface area contributed by atoms with E-state index in [1.54, 1.807) is 42.5 Å². The van der Waals surface area contributed by atoms with Gasteiger partial charge in [-0.05, 0) is 18.2 Å². The Kier molecular flexibility index (Phi) is 3.14. The average molecular weight is 310 g/mol. The van der Waals surface area contributed by atoms with E-state index in [0.29, 0.717) is 35.7 Å². The third-order valence-electron chi connectivity index (χ3n) is 3.93. The van der Waals surface area contributed by atoms with E-state index in [4.69, 9.17) is 9.47 Å². The lowest BCUT2D eigenvalue weighted by molar-refractivity contribution is -0.178. The number of benzene rings is 2. The maximum Gasteiger partial charge on any atom is 0.290 e. The number of hydrogen-bond donors (Lipinski definition) is 2. The van der Waals surface area contributed by atoms with Crippen LogP contribution in [-0.2, 0) is 20.1 Å². The highest BCUT2D eigenvalue weighted by Crippen LogP contribution is 2.45. The fourth-order valence-corrected chi connectivity index (χ4v) is 2.87. The Morgan fingerprint density at radius 2 is 1.78 bits per heavy atom. The molecule has 6 heteroatoms. The van der Waals surface area contributed by atoms with Crippen molar-refractivity contribution in [2.24, 2.45) is 0 Å². The van der Waals surface area contributed by atoms with Crippen LogP contribution in [0.25, 0.3) is 0 Å². The van der Waals surface area contributed by atoms with Gasteiger partial charge in [-0.15, -0.1) is 0 Å². The van der Waals surface area contributed by atoms with Crippen LogP contribution in [0.4, 0.5) is 11.4 Å². The molecule has 0 aliphatic carbocycles. The number of rotatable bonds is 2. The van der Waals surface area contributed by atoms with E-state index in [9.17, 15) is 9.59 Å².